The molecule has 0 N–H and O–H groups in total. The molecule has 0 spiro atoms. The summed E-state index contributed by atoms with van der Waals surface area (Å²) in [6, 6.07) is 14.8. The van der Waals surface area contributed by atoms with Gasteiger partial charge in [-0.15, -0.1) is 0 Å². The molecule has 8 heteroatoms. The van der Waals surface area contributed by atoms with Gasteiger partial charge in [-0.1, -0.05) is 48.5 Å². The third-order valence-electron chi connectivity index (χ3n) is 3.48. The minimum absolute atomic E-state index is 0.170. The number of fused-ring (bicyclic) bond motifs is 2. The summed E-state index contributed by atoms with van der Waals surface area (Å²) >= 11 is 0. The summed E-state index contributed by atoms with van der Waals surface area (Å²) in [6.45, 7) is 0. The van der Waals surface area contributed by atoms with Gasteiger partial charge in [-0.05, 0) is 27.6 Å². The van der Waals surface area contributed by atoms with Gasteiger partial charge in [0, 0.05) is 11.5 Å². The smallest absolute Gasteiger partial charge is 0.518 e. The van der Waals surface area contributed by atoms with Crippen LogP contribution in [-0.2, 0) is 10.0 Å². The Hall–Kier alpha value is -2.61. The van der Waals surface area contributed by atoms with Crippen molar-refractivity contribution in [3.05, 3.63) is 60.2 Å². The lowest BCUT2D eigenvalue weighted by Gasteiger charge is -2.17. The Morgan fingerprint density at radius 2 is 1.38 bits per heavy atom. The van der Waals surface area contributed by atoms with Crippen molar-refractivity contribution in [2.45, 2.75) is 5.51 Å². The highest BCUT2D eigenvalue weighted by Gasteiger charge is 2.45. The minimum Gasteiger partial charge on any atom is -0.858 e. The predicted octanol–water partition coefficient (Wildman–Crippen LogP) is 2.95. The van der Waals surface area contributed by atoms with Crippen molar-refractivity contribution in [2.24, 2.45) is 4.40 Å². The zero-order valence-electron chi connectivity index (χ0n) is 11.9. The second-order valence-electron chi connectivity index (χ2n) is 5.01. The Morgan fingerprint density at radius 3 is 1.83 bits per heavy atom. The van der Waals surface area contributed by atoms with E-state index in [1.807, 2.05) is 0 Å². The molecule has 0 fully saturated rings. The Labute approximate surface area is 134 Å². The summed E-state index contributed by atoms with van der Waals surface area (Å²) in [4.78, 5) is 0. The molecule has 0 aliphatic carbocycles. The van der Waals surface area contributed by atoms with Gasteiger partial charge in [0.05, 0.1) is 0 Å². The van der Waals surface area contributed by atoms with Gasteiger partial charge >= 0.3 is 15.5 Å². The number of rotatable bonds is 2. The van der Waals surface area contributed by atoms with E-state index in [2.05, 4.69) is 4.40 Å². The Morgan fingerprint density at radius 1 is 0.917 bits per heavy atom. The van der Waals surface area contributed by atoms with Crippen molar-refractivity contribution in [1.29, 1.82) is 0 Å². The number of sulfonamides is 1. The van der Waals surface area contributed by atoms with Crippen molar-refractivity contribution in [3.8, 4) is 0 Å². The third kappa shape index (κ3) is 2.69. The van der Waals surface area contributed by atoms with E-state index in [1.165, 1.54) is 12.1 Å². The molecular weight excluding hydrogens is 343 g/mol. The van der Waals surface area contributed by atoms with Gasteiger partial charge in [-0.2, -0.15) is 26.0 Å². The molecule has 0 bridgehead atoms. The lowest BCUT2D eigenvalue weighted by Crippen LogP contribution is -2.27. The van der Waals surface area contributed by atoms with Crippen LogP contribution in [0.25, 0.3) is 21.5 Å². The number of hydrogen-bond donors (Lipinski definition) is 0. The number of nitrogens with zero attached hydrogens (tertiary/aromatic N) is 1. The Balaban J connectivity index is 2.39. The number of alkyl halides is 3. The van der Waals surface area contributed by atoms with Gasteiger partial charge in [-0.25, -0.2) is 0 Å². The monoisotopic (exact) mass is 352 g/mol. The molecule has 124 valence electrons. The molecule has 3 aromatic carbocycles. The fourth-order valence-electron chi connectivity index (χ4n) is 2.45. The molecule has 3 aromatic rings. The summed E-state index contributed by atoms with van der Waals surface area (Å²) in [5.74, 6) is -1.44. The molecule has 0 aliphatic heterocycles. The first-order valence-electron chi connectivity index (χ1n) is 6.70. The van der Waals surface area contributed by atoms with Crippen molar-refractivity contribution in [3.63, 3.8) is 0 Å². The highest BCUT2D eigenvalue weighted by molar-refractivity contribution is 7.91. The van der Waals surface area contributed by atoms with Crippen LogP contribution in [0.1, 0.15) is 5.56 Å². The number of halogens is 3. The average Bonchev–Trinajstić information content (AvgIpc) is 2.50. The van der Waals surface area contributed by atoms with E-state index in [4.69, 9.17) is 0 Å². The van der Waals surface area contributed by atoms with Crippen LogP contribution in [0.4, 0.5) is 13.2 Å². The van der Waals surface area contributed by atoms with Crippen molar-refractivity contribution in [2.75, 3.05) is 0 Å². The molecule has 0 atom stereocenters. The summed E-state index contributed by atoms with van der Waals surface area (Å²) < 4.78 is 62.4. The van der Waals surface area contributed by atoms with Crippen LogP contribution in [0.3, 0.4) is 0 Å². The van der Waals surface area contributed by atoms with E-state index in [0.717, 1.165) is 0 Å². The van der Waals surface area contributed by atoms with Gasteiger partial charge in [0.1, 0.15) is 0 Å². The van der Waals surface area contributed by atoms with Crippen LogP contribution in [0.5, 0.6) is 0 Å². The largest absolute Gasteiger partial charge is 0.858 e. The summed E-state index contributed by atoms with van der Waals surface area (Å²) in [5.41, 5.74) is -5.79. The second kappa shape index (κ2) is 5.48. The maximum Gasteiger partial charge on any atom is 0.518 e. The highest BCUT2D eigenvalue weighted by Crippen LogP contribution is 2.30. The maximum absolute atomic E-state index is 12.5. The highest BCUT2D eigenvalue weighted by atomic mass is 32.2. The quantitative estimate of drug-likeness (QED) is 0.404. The Kier molecular flexibility index (Phi) is 3.71. The van der Waals surface area contributed by atoms with Crippen molar-refractivity contribution < 1.29 is 26.7 Å². The van der Waals surface area contributed by atoms with Crippen molar-refractivity contribution in [1.82, 2.24) is 0 Å². The van der Waals surface area contributed by atoms with Crippen LogP contribution in [-0.4, -0.2) is 19.8 Å². The number of benzene rings is 3. The van der Waals surface area contributed by atoms with Crippen LogP contribution in [0.2, 0.25) is 0 Å². The molecule has 3 rings (SSSR count). The van der Waals surface area contributed by atoms with Gasteiger partial charge in [0.25, 0.3) is 0 Å². The lowest BCUT2D eigenvalue weighted by atomic mass is 9.97. The topological polar surface area (TPSA) is 69.6 Å². The van der Waals surface area contributed by atoms with Gasteiger partial charge in [0.2, 0.25) is 0 Å². The fraction of sp³-hybridized carbons (Fsp3) is 0.0625. The third-order valence-corrected chi connectivity index (χ3v) is 4.47. The van der Waals surface area contributed by atoms with E-state index in [-0.39, 0.29) is 5.56 Å². The minimum atomic E-state index is -5.91. The van der Waals surface area contributed by atoms with Crippen molar-refractivity contribution >= 4 is 37.5 Å². The van der Waals surface area contributed by atoms with Crippen LogP contribution < -0.4 is 5.11 Å². The maximum atomic E-state index is 12.5. The number of hydrogen-bond acceptors (Lipinski definition) is 3. The summed E-state index contributed by atoms with van der Waals surface area (Å²) in [6.07, 6.45) is 0. The molecule has 24 heavy (non-hydrogen) atoms. The molecule has 4 nitrogen and oxygen atoms in total. The van der Waals surface area contributed by atoms with Gasteiger partial charge < -0.3 is 5.11 Å². The normalized spacial score (nSPS) is 13.5. The van der Waals surface area contributed by atoms with Gasteiger partial charge in [0.15, 0.2) is 0 Å². The molecule has 0 amide bonds. The van der Waals surface area contributed by atoms with Gasteiger partial charge in [-0.3, -0.25) is 0 Å². The first kappa shape index (κ1) is 16.3. The van der Waals surface area contributed by atoms with E-state index in [0.29, 0.717) is 21.5 Å². The molecule has 0 heterocycles. The zero-order valence-corrected chi connectivity index (χ0v) is 12.7. The summed E-state index contributed by atoms with van der Waals surface area (Å²) in [5, 5.41) is 14.2. The summed E-state index contributed by atoms with van der Waals surface area (Å²) in [7, 11) is -5.91. The molecule has 0 aromatic heterocycles. The SMILES string of the molecule is O=S(=O)(/N=C(\[O-])c1c2ccccc2cc2ccccc12)C(F)(F)F. The molecule has 0 saturated carbocycles. The van der Waals surface area contributed by atoms with E-state index in [9.17, 15) is 26.7 Å². The van der Waals surface area contributed by atoms with Crippen LogP contribution in [0.15, 0.2) is 59.0 Å². The second-order valence-corrected chi connectivity index (χ2v) is 6.61. The average molecular weight is 352 g/mol. The molecule has 0 saturated heterocycles. The first-order valence-corrected chi connectivity index (χ1v) is 8.14. The standard InChI is InChI=1S/C16H10F3NO3S/c17-16(18,19)24(22,23)20-15(21)14-12-7-3-1-5-10(12)9-11-6-2-4-8-13(11)14/h1-9H,(H,20,21)/p-1. The van der Waals surface area contributed by atoms with E-state index < -0.39 is 21.4 Å². The van der Waals surface area contributed by atoms with E-state index in [1.54, 1.807) is 42.5 Å². The molecule has 0 unspecified atom stereocenters. The van der Waals surface area contributed by atoms with E-state index >= 15 is 0 Å². The molecular formula is C16H9F3NO3S-. The lowest BCUT2D eigenvalue weighted by molar-refractivity contribution is -0.212. The van der Waals surface area contributed by atoms with Crippen LogP contribution >= 0.6 is 0 Å². The predicted molar refractivity (Wildman–Crippen MR) is 83.0 cm³/mol. The fourth-order valence-corrected chi connectivity index (χ4v) is 2.86. The first-order chi connectivity index (χ1) is 11.2. The zero-order chi connectivity index (χ0) is 17.5. The molecule has 0 radical (unpaired) electrons. The molecule has 0 aliphatic rings. The van der Waals surface area contributed by atoms with Crippen LogP contribution in [0, 0.1) is 0 Å². The Bertz CT molecular complexity index is 1020.